The van der Waals surface area contributed by atoms with Gasteiger partial charge in [0.05, 0.1) is 0 Å². The highest BCUT2D eigenvalue weighted by atomic mass is 32.2. The van der Waals surface area contributed by atoms with Gasteiger partial charge in [-0.15, -0.1) is 0 Å². The summed E-state index contributed by atoms with van der Waals surface area (Å²) < 4.78 is 11.9. The first kappa shape index (κ1) is 18.0. The Kier molecular flexibility index (Phi) is 5.62. The van der Waals surface area contributed by atoms with E-state index in [2.05, 4.69) is 10.6 Å². The third-order valence-electron chi connectivity index (χ3n) is 3.29. The fourth-order valence-electron chi connectivity index (χ4n) is 1.94. The molecule has 0 heterocycles. The number of phenolic OH excluding ortho intramolecular Hbond substituents is 1. The van der Waals surface area contributed by atoms with Crippen LogP contribution in [0.5, 0.6) is 5.75 Å². The molecule has 2 amide bonds. The predicted octanol–water partition coefficient (Wildman–Crippen LogP) is 4.08. The summed E-state index contributed by atoms with van der Waals surface area (Å²) in [5.74, 6) is 0.582. The number of carbonyl (C=O) groups is 1. The van der Waals surface area contributed by atoms with Gasteiger partial charge in [0.15, 0.2) is 0 Å². The molecular formula is C18H22N2O3S. The van der Waals surface area contributed by atoms with Gasteiger partial charge in [-0.1, -0.05) is 12.1 Å². The summed E-state index contributed by atoms with van der Waals surface area (Å²) in [5, 5.41) is 14.7. The molecule has 2 aromatic rings. The van der Waals surface area contributed by atoms with Crippen LogP contribution in [-0.2, 0) is 16.6 Å². The summed E-state index contributed by atoms with van der Waals surface area (Å²) in [6.45, 7) is 5.82. The van der Waals surface area contributed by atoms with Gasteiger partial charge < -0.3 is 15.7 Å². The molecule has 0 spiro atoms. The van der Waals surface area contributed by atoms with Crippen molar-refractivity contribution in [2.24, 2.45) is 0 Å². The maximum absolute atomic E-state index is 12.2. The van der Waals surface area contributed by atoms with E-state index in [4.69, 9.17) is 0 Å². The molecule has 128 valence electrons. The molecule has 3 N–H and O–H groups in total. The van der Waals surface area contributed by atoms with Crippen LogP contribution in [0.4, 0.5) is 16.2 Å². The maximum atomic E-state index is 12.2. The van der Waals surface area contributed by atoms with Crippen LogP contribution >= 0.6 is 0 Å². The minimum Gasteiger partial charge on any atom is -0.508 e. The summed E-state index contributed by atoms with van der Waals surface area (Å²) in [6, 6.07) is 13.2. The highest BCUT2D eigenvalue weighted by molar-refractivity contribution is 7.85. The summed E-state index contributed by atoms with van der Waals surface area (Å²) in [4.78, 5) is 12.0. The van der Waals surface area contributed by atoms with Gasteiger partial charge in [0.2, 0.25) is 0 Å². The molecule has 6 heteroatoms. The lowest BCUT2D eigenvalue weighted by Crippen LogP contribution is -2.23. The number of nitrogens with one attached hydrogen (secondary N) is 2. The van der Waals surface area contributed by atoms with Crippen LogP contribution in [0.15, 0.2) is 48.5 Å². The Labute approximate surface area is 144 Å². The number of rotatable bonds is 4. The third-order valence-corrected chi connectivity index (χ3v) is 5.25. The van der Waals surface area contributed by atoms with Gasteiger partial charge in [-0.25, -0.2) is 4.79 Å². The summed E-state index contributed by atoms with van der Waals surface area (Å²) in [7, 11) is -0.995. The second kappa shape index (κ2) is 7.49. The van der Waals surface area contributed by atoms with Crippen molar-refractivity contribution in [3.05, 3.63) is 54.1 Å². The SMILES string of the molecule is CC(C)(C)[S@](=O)Cc1cccc(NC(=O)Nc2ccc(O)cc2)c1. The van der Waals surface area contributed by atoms with E-state index >= 15 is 0 Å². The van der Waals surface area contributed by atoms with Crippen LogP contribution in [-0.4, -0.2) is 20.1 Å². The van der Waals surface area contributed by atoms with E-state index in [0.717, 1.165) is 5.56 Å². The van der Waals surface area contributed by atoms with Gasteiger partial charge >= 0.3 is 6.03 Å². The lowest BCUT2D eigenvalue weighted by Gasteiger charge is -2.18. The van der Waals surface area contributed by atoms with Gasteiger partial charge in [0, 0.05) is 32.7 Å². The molecule has 0 fully saturated rings. The summed E-state index contributed by atoms with van der Waals surface area (Å²) in [6.07, 6.45) is 0. The van der Waals surface area contributed by atoms with Crippen molar-refractivity contribution in [2.45, 2.75) is 31.3 Å². The van der Waals surface area contributed by atoms with E-state index in [1.54, 1.807) is 18.2 Å². The minimum atomic E-state index is -0.995. The van der Waals surface area contributed by atoms with Crippen molar-refractivity contribution < 1.29 is 14.1 Å². The second-order valence-electron chi connectivity index (χ2n) is 6.43. The number of urea groups is 1. The second-order valence-corrected chi connectivity index (χ2v) is 8.63. The number of hydrogen-bond acceptors (Lipinski definition) is 3. The van der Waals surface area contributed by atoms with Gasteiger partial charge in [-0.05, 0) is 62.7 Å². The Hall–Kier alpha value is -2.34. The van der Waals surface area contributed by atoms with Crippen LogP contribution in [0.1, 0.15) is 26.3 Å². The van der Waals surface area contributed by atoms with Gasteiger partial charge in [-0.3, -0.25) is 4.21 Å². The zero-order valence-electron chi connectivity index (χ0n) is 14.0. The van der Waals surface area contributed by atoms with Crippen molar-refractivity contribution in [3.8, 4) is 5.75 Å². The van der Waals surface area contributed by atoms with Gasteiger partial charge in [0.1, 0.15) is 5.75 Å². The number of anilines is 2. The normalized spacial score (nSPS) is 12.5. The fraction of sp³-hybridized carbons (Fsp3) is 0.278. The van der Waals surface area contributed by atoms with Crippen molar-refractivity contribution in [1.29, 1.82) is 0 Å². The summed E-state index contributed by atoms with van der Waals surface area (Å²) >= 11 is 0. The molecule has 0 saturated carbocycles. The molecule has 0 unspecified atom stereocenters. The molecule has 0 aliphatic heterocycles. The first-order valence-corrected chi connectivity index (χ1v) is 8.90. The van der Waals surface area contributed by atoms with Crippen LogP contribution in [0, 0.1) is 0 Å². The molecule has 0 bridgehead atoms. The molecule has 2 aromatic carbocycles. The van der Waals surface area contributed by atoms with Gasteiger partial charge in [0.25, 0.3) is 0 Å². The zero-order valence-corrected chi connectivity index (χ0v) is 14.8. The van der Waals surface area contributed by atoms with Crippen LogP contribution in [0.3, 0.4) is 0 Å². The van der Waals surface area contributed by atoms with E-state index in [0.29, 0.717) is 17.1 Å². The van der Waals surface area contributed by atoms with E-state index in [1.807, 2.05) is 39.0 Å². The lowest BCUT2D eigenvalue weighted by molar-refractivity contribution is 0.262. The minimum absolute atomic E-state index is 0.139. The lowest BCUT2D eigenvalue weighted by atomic mass is 10.2. The van der Waals surface area contributed by atoms with E-state index in [9.17, 15) is 14.1 Å². The Morgan fingerprint density at radius 3 is 2.29 bits per heavy atom. The van der Waals surface area contributed by atoms with E-state index in [-0.39, 0.29) is 16.5 Å². The molecule has 0 aromatic heterocycles. The molecule has 0 radical (unpaired) electrons. The molecule has 0 aliphatic rings. The monoisotopic (exact) mass is 346 g/mol. The van der Waals surface area contributed by atoms with Crippen molar-refractivity contribution in [1.82, 2.24) is 0 Å². The molecule has 1 atom stereocenters. The zero-order chi connectivity index (χ0) is 17.7. The predicted molar refractivity (Wildman–Crippen MR) is 98.8 cm³/mol. The number of benzene rings is 2. The van der Waals surface area contributed by atoms with Crippen LogP contribution in [0.25, 0.3) is 0 Å². The Morgan fingerprint density at radius 1 is 1.04 bits per heavy atom. The number of amides is 2. The molecule has 5 nitrogen and oxygen atoms in total. The third kappa shape index (κ3) is 5.38. The number of aromatic hydroxyl groups is 1. The Bertz CT molecular complexity index is 737. The fourth-order valence-corrected chi connectivity index (χ4v) is 2.86. The number of phenols is 1. The molecule has 24 heavy (non-hydrogen) atoms. The average molecular weight is 346 g/mol. The van der Waals surface area contributed by atoms with E-state index < -0.39 is 10.8 Å². The first-order valence-electron chi connectivity index (χ1n) is 7.58. The molecule has 0 saturated heterocycles. The molecule has 2 rings (SSSR count). The van der Waals surface area contributed by atoms with Gasteiger partial charge in [-0.2, -0.15) is 0 Å². The topological polar surface area (TPSA) is 78.4 Å². The quantitative estimate of drug-likeness (QED) is 0.730. The Balaban J connectivity index is 1.99. The van der Waals surface area contributed by atoms with Crippen molar-refractivity contribution in [2.75, 3.05) is 10.6 Å². The average Bonchev–Trinajstić information content (AvgIpc) is 2.49. The highest BCUT2D eigenvalue weighted by Gasteiger charge is 2.19. The van der Waals surface area contributed by atoms with Crippen LogP contribution in [0.2, 0.25) is 0 Å². The standard InChI is InChI=1S/C18H22N2O3S/c1-18(2,3)24(23)12-13-5-4-6-15(11-13)20-17(22)19-14-7-9-16(21)10-8-14/h4-11,21H,12H2,1-3H3,(H2,19,20,22)/t24-/m1/s1. The number of carbonyl (C=O) groups excluding carboxylic acids is 1. The number of hydrogen-bond donors (Lipinski definition) is 3. The highest BCUT2D eigenvalue weighted by Crippen LogP contribution is 2.19. The first-order chi connectivity index (χ1) is 11.2. The Morgan fingerprint density at radius 2 is 1.67 bits per heavy atom. The smallest absolute Gasteiger partial charge is 0.323 e. The van der Waals surface area contributed by atoms with E-state index in [1.165, 1.54) is 12.1 Å². The van der Waals surface area contributed by atoms with Crippen molar-refractivity contribution in [3.63, 3.8) is 0 Å². The molecular weight excluding hydrogens is 324 g/mol. The van der Waals surface area contributed by atoms with Crippen molar-refractivity contribution >= 4 is 28.2 Å². The maximum Gasteiger partial charge on any atom is 0.323 e. The van der Waals surface area contributed by atoms with Crippen LogP contribution < -0.4 is 10.6 Å². The largest absolute Gasteiger partial charge is 0.508 e. The summed E-state index contributed by atoms with van der Waals surface area (Å²) in [5.41, 5.74) is 2.12. The molecule has 0 aliphatic carbocycles.